The van der Waals surface area contributed by atoms with E-state index in [2.05, 4.69) is 0 Å². The summed E-state index contributed by atoms with van der Waals surface area (Å²) in [6, 6.07) is 0. The molecule has 0 amide bonds. The Balaban J connectivity index is 1.81. The molecule has 0 aromatic heterocycles. The van der Waals surface area contributed by atoms with Crippen molar-refractivity contribution < 1.29 is 29.6 Å². The highest BCUT2D eigenvalue weighted by molar-refractivity contribution is 5.77. The molecule has 2 aliphatic carbocycles. The number of hydrogen-bond donors (Lipinski definition) is 3. The quantitative estimate of drug-likeness (QED) is 0.631. The summed E-state index contributed by atoms with van der Waals surface area (Å²) in [5, 5.41) is 29.2. The number of fused-ring (bicyclic) bond motifs is 1. The van der Waals surface area contributed by atoms with Crippen molar-refractivity contribution in [2.24, 2.45) is 23.2 Å². The molecule has 1 saturated heterocycles. The maximum Gasteiger partial charge on any atom is 0.315 e. The normalized spacial score (nSPS) is 49.0. The number of carbonyl (C=O) groups is 1. The fourth-order valence-electron chi connectivity index (χ4n) is 3.96. The van der Waals surface area contributed by atoms with Crippen LogP contribution in [0.15, 0.2) is 0 Å². The Kier molecular flexibility index (Phi) is 2.91. The van der Waals surface area contributed by atoms with E-state index in [1.54, 1.807) is 0 Å². The standard InChI is InChI=1S/C13H20O6/c1-5(2)10(14)18-8-6-3-7-9(8)19-12(17)13(7,4-6)11(15)16/h5-10,12,14,17H,3-4H2,1-2H3,(H,15,16). The zero-order valence-electron chi connectivity index (χ0n) is 11.0. The van der Waals surface area contributed by atoms with Crippen LogP contribution in [0.2, 0.25) is 0 Å². The molecule has 0 spiro atoms. The van der Waals surface area contributed by atoms with Gasteiger partial charge in [-0.15, -0.1) is 0 Å². The summed E-state index contributed by atoms with van der Waals surface area (Å²) in [7, 11) is 0. The molecule has 2 bridgehead atoms. The van der Waals surface area contributed by atoms with Gasteiger partial charge in [-0.2, -0.15) is 0 Å². The third-order valence-corrected chi connectivity index (χ3v) is 5.00. The lowest BCUT2D eigenvalue weighted by Gasteiger charge is -2.33. The highest BCUT2D eigenvalue weighted by atomic mass is 16.7. The number of aliphatic hydroxyl groups excluding tert-OH is 2. The summed E-state index contributed by atoms with van der Waals surface area (Å²) >= 11 is 0. The van der Waals surface area contributed by atoms with E-state index in [0.29, 0.717) is 12.8 Å². The molecule has 0 radical (unpaired) electrons. The second kappa shape index (κ2) is 4.15. The van der Waals surface area contributed by atoms with Crippen LogP contribution in [0, 0.1) is 23.2 Å². The molecule has 1 heterocycles. The molecule has 1 aliphatic heterocycles. The van der Waals surface area contributed by atoms with Gasteiger partial charge in [-0.05, 0) is 18.8 Å². The highest BCUT2D eigenvalue weighted by Gasteiger charge is 2.73. The van der Waals surface area contributed by atoms with Gasteiger partial charge in [0.15, 0.2) is 12.6 Å². The number of carboxylic acid groups (broad SMARTS) is 1. The Bertz CT molecular complexity index is 397. The summed E-state index contributed by atoms with van der Waals surface area (Å²) in [5.74, 6) is -1.20. The van der Waals surface area contributed by atoms with Gasteiger partial charge in [-0.1, -0.05) is 13.8 Å². The van der Waals surface area contributed by atoms with Crippen molar-refractivity contribution in [1.82, 2.24) is 0 Å². The van der Waals surface area contributed by atoms with Gasteiger partial charge in [-0.25, -0.2) is 0 Å². The van der Waals surface area contributed by atoms with Gasteiger partial charge in [-0.3, -0.25) is 4.79 Å². The van der Waals surface area contributed by atoms with E-state index in [-0.39, 0.29) is 23.9 Å². The minimum Gasteiger partial charge on any atom is -0.481 e. The van der Waals surface area contributed by atoms with Gasteiger partial charge < -0.3 is 24.8 Å². The molecular weight excluding hydrogens is 252 g/mol. The van der Waals surface area contributed by atoms with Crippen molar-refractivity contribution in [2.45, 2.75) is 51.5 Å². The Morgan fingerprint density at radius 3 is 2.74 bits per heavy atom. The number of carboxylic acids is 1. The van der Waals surface area contributed by atoms with E-state index in [4.69, 9.17) is 9.47 Å². The van der Waals surface area contributed by atoms with Crippen LogP contribution in [-0.4, -0.2) is 46.1 Å². The van der Waals surface area contributed by atoms with Crippen LogP contribution >= 0.6 is 0 Å². The van der Waals surface area contributed by atoms with Crippen LogP contribution in [-0.2, 0) is 14.3 Å². The molecule has 0 aromatic carbocycles. The first-order chi connectivity index (χ1) is 8.87. The van der Waals surface area contributed by atoms with E-state index in [1.165, 1.54) is 0 Å². The predicted molar refractivity (Wildman–Crippen MR) is 62.9 cm³/mol. The average molecular weight is 272 g/mol. The second-order valence-corrected chi connectivity index (χ2v) is 6.34. The maximum atomic E-state index is 11.5. The maximum absolute atomic E-state index is 11.5. The van der Waals surface area contributed by atoms with Crippen LogP contribution < -0.4 is 0 Å². The average Bonchev–Trinajstić information content (AvgIpc) is 2.90. The highest BCUT2D eigenvalue weighted by Crippen LogP contribution is 2.64. The number of rotatable bonds is 4. The number of ether oxygens (including phenoxy) is 2. The van der Waals surface area contributed by atoms with Crippen molar-refractivity contribution in [3.63, 3.8) is 0 Å². The Morgan fingerprint density at radius 2 is 2.16 bits per heavy atom. The monoisotopic (exact) mass is 272 g/mol. The summed E-state index contributed by atoms with van der Waals surface area (Å²) in [4.78, 5) is 11.5. The lowest BCUT2D eigenvalue weighted by atomic mass is 9.73. The first kappa shape index (κ1) is 13.3. The number of aliphatic hydroxyl groups is 2. The molecule has 3 fully saturated rings. The Hall–Kier alpha value is -0.690. The van der Waals surface area contributed by atoms with Crippen LogP contribution in [0.25, 0.3) is 0 Å². The molecule has 2 saturated carbocycles. The molecule has 7 atom stereocenters. The third kappa shape index (κ3) is 1.60. The van der Waals surface area contributed by atoms with Gasteiger partial charge >= 0.3 is 5.97 Å². The van der Waals surface area contributed by atoms with Gasteiger partial charge in [0.1, 0.15) is 5.41 Å². The molecule has 7 unspecified atom stereocenters. The topological polar surface area (TPSA) is 96.2 Å². The zero-order valence-corrected chi connectivity index (χ0v) is 11.0. The van der Waals surface area contributed by atoms with Crippen LogP contribution in [0.3, 0.4) is 0 Å². The van der Waals surface area contributed by atoms with Gasteiger partial charge in [0, 0.05) is 11.8 Å². The Morgan fingerprint density at radius 1 is 1.47 bits per heavy atom. The summed E-state index contributed by atoms with van der Waals surface area (Å²) in [6.45, 7) is 3.70. The van der Waals surface area contributed by atoms with E-state index in [1.807, 2.05) is 13.8 Å². The molecule has 0 aromatic rings. The molecule has 6 nitrogen and oxygen atoms in total. The second-order valence-electron chi connectivity index (χ2n) is 6.34. The van der Waals surface area contributed by atoms with Gasteiger partial charge in [0.05, 0.1) is 12.2 Å². The molecule has 3 N–H and O–H groups in total. The van der Waals surface area contributed by atoms with E-state index in [0.717, 1.165) is 0 Å². The SMILES string of the molecule is CC(C)C(O)OC1C2CC3C1OC(O)C3(C(=O)O)C2. The Labute approximate surface area is 111 Å². The van der Waals surface area contributed by atoms with Gasteiger partial charge in [0.25, 0.3) is 0 Å². The first-order valence-corrected chi connectivity index (χ1v) is 6.78. The lowest BCUT2D eigenvalue weighted by molar-refractivity contribution is -0.203. The van der Waals surface area contributed by atoms with Crippen molar-refractivity contribution in [2.75, 3.05) is 0 Å². The predicted octanol–water partition coefficient (Wildman–Crippen LogP) is 0.174. The van der Waals surface area contributed by atoms with Crippen LogP contribution in [0.1, 0.15) is 26.7 Å². The number of aliphatic carboxylic acids is 1. The summed E-state index contributed by atoms with van der Waals surface area (Å²) in [6.07, 6.45) is -1.84. The van der Waals surface area contributed by atoms with Crippen molar-refractivity contribution in [3.05, 3.63) is 0 Å². The fraction of sp³-hybridized carbons (Fsp3) is 0.923. The largest absolute Gasteiger partial charge is 0.481 e. The smallest absolute Gasteiger partial charge is 0.315 e. The van der Waals surface area contributed by atoms with E-state index < -0.39 is 30.1 Å². The molecular formula is C13H20O6. The summed E-state index contributed by atoms with van der Waals surface area (Å²) in [5.41, 5.74) is -1.17. The lowest BCUT2D eigenvalue weighted by Crippen LogP contribution is -2.46. The van der Waals surface area contributed by atoms with Crippen molar-refractivity contribution >= 4 is 5.97 Å². The molecule has 3 aliphatic rings. The minimum absolute atomic E-state index is 0.0327. The van der Waals surface area contributed by atoms with Gasteiger partial charge in [0.2, 0.25) is 0 Å². The number of hydrogen-bond acceptors (Lipinski definition) is 5. The minimum atomic E-state index is -1.27. The van der Waals surface area contributed by atoms with Crippen LogP contribution in [0.5, 0.6) is 0 Å². The zero-order chi connectivity index (χ0) is 13.9. The molecule has 6 heteroatoms. The molecule has 19 heavy (non-hydrogen) atoms. The molecule has 108 valence electrons. The fourth-order valence-corrected chi connectivity index (χ4v) is 3.96. The first-order valence-electron chi connectivity index (χ1n) is 6.78. The van der Waals surface area contributed by atoms with E-state index in [9.17, 15) is 20.1 Å². The molecule has 3 rings (SSSR count). The summed E-state index contributed by atoms with van der Waals surface area (Å²) < 4.78 is 11.1. The van der Waals surface area contributed by atoms with Crippen molar-refractivity contribution in [1.29, 1.82) is 0 Å². The third-order valence-electron chi connectivity index (χ3n) is 5.00. The van der Waals surface area contributed by atoms with Crippen LogP contribution in [0.4, 0.5) is 0 Å². The van der Waals surface area contributed by atoms with Crippen molar-refractivity contribution in [3.8, 4) is 0 Å². The van der Waals surface area contributed by atoms with E-state index >= 15 is 0 Å².